The highest BCUT2D eigenvalue weighted by atomic mass is 32.2. The number of nitrogens with zero attached hydrogens (tertiary/aromatic N) is 2. The van der Waals surface area contributed by atoms with Gasteiger partial charge in [-0.05, 0) is 36.8 Å². The Morgan fingerprint density at radius 3 is 2.72 bits per heavy atom. The van der Waals surface area contributed by atoms with Gasteiger partial charge < -0.3 is 5.11 Å². The molecule has 1 aliphatic heterocycles. The summed E-state index contributed by atoms with van der Waals surface area (Å²) in [5.74, 6) is 0.319. The van der Waals surface area contributed by atoms with Crippen molar-refractivity contribution in [2.24, 2.45) is 0 Å². The summed E-state index contributed by atoms with van der Waals surface area (Å²) < 4.78 is -0.185. The average molecular weight is 262 g/mol. The van der Waals surface area contributed by atoms with E-state index >= 15 is 0 Å². The quantitative estimate of drug-likeness (QED) is 0.909. The number of rotatable bonds is 3. The van der Waals surface area contributed by atoms with E-state index < -0.39 is 0 Å². The minimum absolute atomic E-state index is 0.185. The van der Waals surface area contributed by atoms with E-state index in [1.165, 1.54) is 0 Å². The van der Waals surface area contributed by atoms with Crippen LogP contribution < -0.4 is 0 Å². The van der Waals surface area contributed by atoms with Gasteiger partial charge in [0.05, 0.1) is 6.07 Å². The molecule has 1 saturated heterocycles. The first kappa shape index (κ1) is 13.3. The third kappa shape index (κ3) is 2.98. The first-order valence-electron chi connectivity index (χ1n) is 6.14. The van der Waals surface area contributed by atoms with Gasteiger partial charge in [-0.25, -0.2) is 0 Å². The van der Waals surface area contributed by atoms with Crippen LogP contribution in [-0.2, 0) is 6.54 Å². The summed E-state index contributed by atoms with van der Waals surface area (Å²) in [4.78, 5) is 2.35. The summed E-state index contributed by atoms with van der Waals surface area (Å²) in [7, 11) is 0. The van der Waals surface area contributed by atoms with Crippen molar-refractivity contribution in [2.45, 2.75) is 24.1 Å². The van der Waals surface area contributed by atoms with Crippen LogP contribution >= 0.6 is 11.8 Å². The van der Waals surface area contributed by atoms with Crippen molar-refractivity contribution < 1.29 is 5.11 Å². The van der Waals surface area contributed by atoms with Gasteiger partial charge in [-0.15, -0.1) is 11.8 Å². The number of nitriles is 1. The molecule has 0 saturated carbocycles. The Bertz CT molecular complexity index is 447. The van der Waals surface area contributed by atoms with E-state index in [2.05, 4.69) is 11.0 Å². The van der Waals surface area contributed by atoms with Crippen LogP contribution in [0.2, 0.25) is 0 Å². The lowest BCUT2D eigenvalue weighted by Crippen LogP contribution is -2.41. The molecule has 1 aromatic rings. The molecule has 3 nitrogen and oxygen atoms in total. The topological polar surface area (TPSA) is 47.3 Å². The van der Waals surface area contributed by atoms with Crippen LogP contribution in [0.5, 0.6) is 5.75 Å². The standard InChI is InChI=1S/C14H18N2OS/c1-18-14(11-15)5-7-16(8-6-14)10-12-3-2-4-13(17)9-12/h2-4,9,17H,5-8,10H2,1H3. The van der Waals surface area contributed by atoms with Crippen molar-refractivity contribution in [3.63, 3.8) is 0 Å². The van der Waals surface area contributed by atoms with Gasteiger partial charge in [0.1, 0.15) is 10.5 Å². The molecule has 1 aliphatic rings. The monoisotopic (exact) mass is 262 g/mol. The van der Waals surface area contributed by atoms with E-state index in [-0.39, 0.29) is 4.75 Å². The van der Waals surface area contributed by atoms with Gasteiger partial charge in [-0.3, -0.25) is 4.90 Å². The molecule has 1 aromatic carbocycles. The molecule has 2 rings (SSSR count). The fourth-order valence-corrected chi connectivity index (χ4v) is 3.03. The van der Waals surface area contributed by atoms with Gasteiger partial charge in [0, 0.05) is 19.6 Å². The van der Waals surface area contributed by atoms with Gasteiger partial charge in [0.25, 0.3) is 0 Å². The molecule has 1 heterocycles. The molecule has 0 unspecified atom stereocenters. The lowest BCUT2D eigenvalue weighted by molar-refractivity contribution is 0.209. The van der Waals surface area contributed by atoms with Crippen LogP contribution in [0.15, 0.2) is 24.3 Å². The fraction of sp³-hybridized carbons (Fsp3) is 0.500. The maximum Gasteiger partial charge on any atom is 0.115 e. The Labute approximate surface area is 112 Å². The molecule has 18 heavy (non-hydrogen) atoms. The third-order valence-electron chi connectivity index (χ3n) is 3.57. The first-order chi connectivity index (χ1) is 8.67. The summed E-state index contributed by atoms with van der Waals surface area (Å²) in [6.45, 7) is 2.75. The zero-order valence-electron chi connectivity index (χ0n) is 10.6. The number of aromatic hydroxyl groups is 1. The van der Waals surface area contributed by atoms with Gasteiger partial charge in [0.2, 0.25) is 0 Å². The number of likely N-dealkylation sites (tertiary alicyclic amines) is 1. The molecule has 4 heteroatoms. The molecule has 0 aliphatic carbocycles. The minimum Gasteiger partial charge on any atom is -0.508 e. The SMILES string of the molecule is CSC1(C#N)CCN(Cc2cccc(O)c2)CC1. The van der Waals surface area contributed by atoms with Crippen LogP contribution in [0.1, 0.15) is 18.4 Å². The molecule has 0 amide bonds. The first-order valence-corrected chi connectivity index (χ1v) is 7.37. The Kier molecular flexibility index (Phi) is 4.15. The summed E-state index contributed by atoms with van der Waals surface area (Å²) in [5, 5.41) is 18.7. The highest BCUT2D eigenvalue weighted by Crippen LogP contribution is 2.34. The maximum atomic E-state index is 9.44. The Morgan fingerprint density at radius 1 is 1.44 bits per heavy atom. The number of piperidine rings is 1. The van der Waals surface area contributed by atoms with E-state index in [9.17, 15) is 10.4 Å². The molecule has 1 fully saturated rings. The van der Waals surface area contributed by atoms with Crippen LogP contribution in [0.4, 0.5) is 0 Å². The van der Waals surface area contributed by atoms with E-state index in [0.29, 0.717) is 5.75 Å². The molecular weight excluding hydrogens is 244 g/mol. The van der Waals surface area contributed by atoms with E-state index in [0.717, 1.165) is 38.0 Å². The predicted octanol–water partition coefficient (Wildman–Crippen LogP) is 2.61. The minimum atomic E-state index is -0.185. The molecule has 96 valence electrons. The van der Waals surface area contributed by atoms with Crippen molar-refractivity contribution in [1.82, 2.24) is 4.90 Å². The lowest BCUT2D eigenvalue weighted by Gasteiger charge is -2.36. The summed E-state index contributed by atoms with van der Waals surface area (Å²) in [6.07, 6.45) is 3.86. The smallest absolute Gasteiger partial charge is 0.115 e. The second kappa shape index (κ2) is 5.64. The van der Waals surface area contributed by atoms with Crippen LogP contribution in [0, 0.1) is 11.3 Å². The molecule has 0 radical (unpaired) electrons. The Hall–Kier alpha value is -1.18. The Morgan fingerprint density at radius 2 is 2.17 bits per heavy atom. The molecule has 0 aromatic heterocycles. The molecule has 0 atom stereocenters. The normalized spacial score (nSPS) is 19.3. The van der Waals surface area contributed by atoms with Crippen LogP contribution in [0.3, 0.4) is 0 Å². The van der Waals surface area contributed by atoms with Gasteiger partial charge in [-0.1, -0.05) is 12.1 Å². The highest BCUT2D eigenvalue weighted by molar-refractivity contribution is 8.00. The fourth-order valence-electron chi connectivity index (χ4n) is 2.35. The molecule has 1 N–H and O–H groups in total. The number of benzene rings is 1. The molecular formula is C14H18N2OS. The van der Waals surface area contributed by atoms with Crippen molar-refractivity contribution >= 4 is 11.8 Å². The number of thioether (sulfide) groups is 1. The molecule has 0 spiro atoms. The lowest BCUT2D eigenvalue weighted by atomic mass is 9.97. The number of phenols is 1. The summed E-state index contributed by atoms with van der Waals surface area (Å²) in [5.41, 5.74) is 1.13. The van der Waals surface area contributed by atoms with Crippen LogP contribution in [-0.4, -0.2) is 34.1 Å². The maximum absolute atomic E-state index is 9.44. The summed E-state index contributed by atoms with van der Waals surface area (Å²) >= 11 is 1.68. The van der Waals surface area contributed by atoms with E-state index in [4.69, 9.17) is 0 Å². The number of hydrogen-bond donors (Lipinski definition) is 1. The predicted molar refractivity (Wildman–Crippen MR) is 74.5 cm³/mol. The number of hydrogen-bond acceptors (Lipinski definition) is 4. The molecule has 0 bridgehead atoms. The van der Waals surface area contributed by atoms with Gasteiger partial charge in [0.15, 0.2) is 0 Å². The summed E-state index contributed by atoms with van der Waals surface area (Å²) in [6, 6.07) is 9.85. The van der Waals surface area contributed by atoms with Crippen molar-refractivity contribution in [3.05, 3.63) is 29.8 Å². The van der Waals surface area contributed by atoms with Crippen molar-refractivity contribution in [1.29, 1.82) is 5.26 Å². The van der Waals surface area contributed by atoms with Crippen LogP contribution in [0.25, 0.3) is 0 Å². The van der Waals surface area contributed by atoms with E-state index in [1.807, 2.05) is 18.4 Å². The van der Waals surface area contributed by atoms with Gasteiger partial charge >= 0.3 is 0 Å². The van der Waals surface area contributed by atoms with E-state index in [1.54, 1.807) is 23.9 Å². The zero-order valence-corrected chi connectivity index (χ0v) is 11.4. The largest absolute Gasteiger partial charge is 0.508 e. The van der Waals surface area contributed by atoms with Gasteiger partial charge in [-0.2, -0.15) is 5.26 Å². The third-order valence-corrected chi connectivity index (χ3v) is 4.86. The van der Waals surface area contributed by atoms with Crippen molar-refractivity contribution in [2.75, 3.05) is 19.3 Å². The second-order valence-electron chi connectivity index (χ2n) is 4.76. The van der Waals surface area contributed by atoms with Crippen molar-refractivity contribution in [3.8, 4) is 11.8 Å². The zero-order chi connectivity index (χ0) is 13.0. The highest BCUT2D eigenvalue weighted by Gasteiger charge is 2.33. The Balaban J connectivity index is 1.93. The average Bonchev–Trinajstić information content (AvgIpc) is 2.40. The second-order valence-corrected chi connectivity index (χ2v) is 5.95. The number of phenolic OH excluding ortho intramolecular Hbond substituents is 1.